The molecule has 0 amide bonds. The molecule has 0 atom stereocenters. The highest BCUT2D eigenvalue weighted by Crippen LogP contribution is 2.13. The van der Waals surface area contributed by atoms with Gasteiger partial charge in [-0.2, -0.15) is 0 Å². The minimum atomic E-state index is -2.43. The van der Waals surface area contributed by atoms with Crippen molar-refractivity contribution in [1.82, 2.24) is 15.1 Å². The van der Waals surface area contributed by atoms with E-state index >= 15 is 0 Å². The molecule has 1 rings (SSSR count). The molecule has 15 heavy (non-hydrogen) atoms. The third-order valence-electron chi connectivity index (χ3n) is 1.65. The summed E-state index contributed by atoms with van der Waals surface area (Å²) in [6.07, 6.45) is -2.43. The molecular formula is C7H12F2N4OS. The molecule has 86 valence electrons. The fourth-order valence-electron chi connectivity index (χ4n) is 1.09. The number of rotatable bonds is 6. The first kappa shape index (κ1) is 12.2. The van der Waals surface area contributed by atoms with Crippen molar-refractivity contribution in [2.24, 2.45) is 0 Å². The van der Waals surface area contributed by atoms with Crippen molar-refractivity contribution in [3.63, 3.8) is 0 Å². The Hall–Kier alpha value is -0.860. The summed E-state index contributed by atoms with van der Waals surface area (Å²) in [7, 11) is 0. The number of anilines is 1. The van der Waals surface area contributed by atoms with Gasteiger partial charge in [-0.15, -0.1) is 10.2 Å². The zero-order valence-corrected chi connectivity index (χ0v) is 8.75. The van der Waals surface area contributed by atoms with Crippen LogP contribution in [-0.4, -0.2) is 46.3 Å². The van der Waals surface area contributed by atoms with Gasteiger partial charge in [0, 0.05) is 6.54 Å². The molecule has 0 saturated heterocycles. The van der Waals surface area contributed by atoms with Gasteiger partial charge in [0.2, 0.25) is 5.13 Å². The molecule has 0 bridgehead atoms. The van der Waals surface area contributed by atoms with Crippen LogP contribution in [0.3, 0.4) is 0 Å². The molecule has 1 aromatic heterocycles. The topological polar surface area (TPSA) is 75.3 Å². The number of halogens is 2. The average molecular weight is 238 g/mol. The molecule has 0 fully saturated rings. The lowest BCUT2D eigenvalue weighted by Gasteiger charge is -2.18. The Morgan fingerprint density at radius 1 is 1.47 bits per heavy atom. The standard InChI is InChI=1S/C7H12F2N4OS/c8-5(9)3-13(1-2-14)4-6-11-12-7(10)15-6/h5,14H,1-4H2,(H2,10,12). The van der Waals surface area contributed by atoms with E-state index in [0.29, 0.717) is 10.1 Å². The lowest BCUT2D eigenvalue weighted by molar-refractivity contribution is 0.0745. The van der Waals surface area contributed by atoms with Gasteiger partial charge in [-0.25, -0.2) is 8.78 Å². The second-order valence-corrected chi connectivity index (χ2v) is 3.98. The van der Waals surface area contributed by atoms with E-state index in [1.54, 1.807) is 0 Å². The van der Waals surface area contributed by atoms with Crippen molar-refractivity contribution >= 4 is 16.5 Å². The molecular weight excluding hydrogens is 226 g/mol. The number of nitrogen functional groups attached to an aromatic ring is 1. The molecule has 1 heterocycles. The Labute approximate surface area is 89.5 Å². The quantitative estimate of drug-likeness (QED) is 0.739. The van der Waals surface area contributed by atoms with Gasteiger partial charge in [0.15, 0.2) is 0 Å². The van der Waals surface area contributed by atoms with Gasteiger partial charge < -0.3 is 10.8 Å². The van der Waals surface area contributed by atoms with E-state index < -0.39 is 6.43 Å². The SMILES string of the molecule is Nc1nnc(CN(CCO)CC(F)F)s1. The maximum Gasteiger partial charge on any atom is 0.251 e. The van der Waals surface area contributed by atoms with Crippen LogP contribution in [0.4, 0.5) is 13.9 Å². The first-order valence-electron chi connectivity index (χ1n) is 4.31. The van der Waals surface area contributed by atoms with Crippen molar-refractivity contribution in [3.05, 3.63) is 5.01 Å². The van der Waals surface area contributed by atoms with Gasteiger partial charge in [-0.1, -0.05) is 11.3 Å². The number of nitrogens with zero attached hydrogens (tertiary/aromatic N) is 3. The van der Waals surface area contributed by atoms with E-state index in [1.165, 1.54) is 4.90 Å². The largest absolute Gasteiger partial charge is 0.395 e. The predicted molar refractivity (Wildman–Crippen MR) is 52.7 cm³/mol. The fourth-order valence-corrected chi connectivity index (χ4v) is 1.75. The van der Waals surface area contributed by atoms with E-state index in [4.69, 9.17) is 10.8 Å². The van der Waals surface area contributed by atoms with Gasteiger partial charge in [-0.3, -0.25) is 4.90 Å². The predicted octanol–water partition coefficient (Wildman–Crippen LogP) is 0.180. The Morgan fingerprint density at radius 2 is 2.20 bits per heavy atom. The van der Waals surface area contributed by atoms with Crippen LogP contribution in [0.2, 0.25) is 0 Å². The van der Waals surface area contributed by atoms with Crippen LogP contribution >= 0.6 is 11.3 Å². The molecule has 0 aliphatic heterocycles. The number of alkyl halides is 2. The molecule has 0 aliphatic rings. The molecule has 0 unspecified atom stereocenters. The molecule has 8 heteroatoms. The lowest BCUT2D eigenvalue weighted by Crippen LogP contribution is -2.31. The Balaban J connectivity index is 2.50. The summed E-state index contributed by atoms with van der Waals surface area (Å²) in [6, 6.07) is 0. The summed E-state index contributed by atoms with van der Waals surface area (Å²) in [5, 5.41) is 16.9. The van der Waals surface area contributed by atoms with Crippen molar-refractivity contribution in [1.29, 1.82) is 0 Å². The fraction of sp³-hybridized carbons (Fsp3) is 0.714. The van der Waals surface area contributed by atoms with Crippen molar-refractivity contribution in [3.8, 4) is 0 Å². The maximum atomic E-state index is 12.1. The number of hydrogen-bond acceptors (Lipinski definition) is 6. The summed E-state index contributed by atoms with van der Waals surface area (Å²) in [4.78, 5) is 1.41. The highest BCUT2D eigenvalue weighted by molar-refractivity contribution is 7.15. The minimum Gasteiger partial charge on any atom is -0.395 e. The summed E-state index contributed by atoms with van der Waals surface area (Å²) in [5.41, 5.74) is 5.36. The molecule has 0 saturated carbocycles. The van der Waals surface area contributed by atoms with Crippen LogP contribution in [0, 0.1) is 0 Å². The first-order chi connectivity index (χ1) is 7.11. The maximum absolute atomic E-state index is 12.1. The smallest absolute Gasteiger partial charge is 0.251 e. The van der Waals surface area contributed by atoms with Gasteiger partial charge in [0.1, 0.15) is 5.01 Å². The van der Waals surface area contributed by atoms with Crippen LogP contribution in [0.5, 0.6) is 0 Å². The van der Waals surface area contributed by atoms with Crippen LogP contribution < -0.4 is 5.73 Å². The Morgan fingerprint density at radius 3 is 2.67 bits per heavy atom. The molecule has 0 aliphatic carbocycles. The summed E-state index contributed by atoms with van der Waals surface area (Å²) in [5.74, 6) is 0. The molecule has 3 N–H and O–H groups in total. The molecule has 1 aromatic rings. The average Bonchev–Trinajstić information content (AvgIpc) is 2.50. The highest BCUT2D eigenvalue weighted by Gasteiger charge is 2.14. The molecule has 5 nitrogen and oxygen atoms in total. The minimum absolute atomic E-state index is 0.166. The second-order valence-electron chi connectivity index (χ2n) is 2.88. The third-order valence-corrected chi connectivity index (χ3v) is 2.39. The van der Waals surface area contributed by atoms with Gasteiger partial charge >= 0.3 is 0 Å². The summed E-state index contributed by atoms with van der Waals surface area (Å²) >= 11 is 1.16. The van der Waals surface area contributed by atoms with E-state index in [-0.39, 0.29) is 26.2 Å². The van der Waals surface area contributed by atoms with Crippen molar-refractivity contribution in [2.75, 3.05) is 25.4 Å². The zero-order chi connectivity index (χ0) is 11.3. The van der Waals surface area contributed by atoms with Crippen LogP contribution in [0.25, 0.3) is 0 Å². The van der Waals surface area contributed by atoms with Gasteiger partial charge in [0.05, 0.1) is 19.7 Å². The Kier molecular flexibility index (Phi) is 4.79. The zero-order valence-electron chi connectivity index (χ0n) is 7.94. The van der Waals surface area contributed by atoms with E-state index in [1.807, 2.05) is 0 Å². The summed E-state index contributed by atoms with van der Waals surface area (Å²) in [6.45, 7) is -0.134. The second kappa shape index (κ2) is 5.89. The lowest BCUT2D eigenvalue weighted by atomic mass is 10.4. The number of hydrogen-bond donors (Lipinski definition) is 2. The van der Waals surface area contributed by atoms with Crippen molar-refractivity contribution < 1.29 is 13.9 Å². The van der Waals surface area contributed by atoms with E-state index in [0.717, 1.165) is 11.3 Å². The monoisotopic (exact) mass is 238 g/mol. The summed E-state index contributed by atoms with van der Waals surface area (Å²) < 4.78 is 24.3. The third kappa shape index (κ3) is 4.45. The van der Waals surface area contributed by atoms with Crippen LogP contribution in [0.1, 0.15) is 5.01 Å². The first-order valence-corrected chi connectivity index (χ1v) is 5.12. The molecule has 0 aromatic carbocycles. The van der Waals surface area contributed by atoms with E-state index in [2.05, 4.69) is 10.2 Å². The Bertz CT molecular complexity index is 296. The van der Waals surface area contributed by atoms with Crippen LogP contribution in [-0.2, 0) is 6.54 Å². The van der Waals surface area contributed by atoms with Crippen molar-refractivity contribution in [2.45, 2.75) is 13.0 Å². The molecule has 0 radical (unpaired) electrons. The number of aliphatic hydroxyl groups is 1. The number of aromatic nitrogens is 2. The number of aliphatic hydroxyl groups excluding tert-OH is 1. The van der Waals surface area contributed by atoms with Gasteiger partial charge in [-0.05, 0) is 0 Å². The normalized spacial score (nSPS) is 11.5. The van der Waals surface area contributed by atoms with Gasteiger partial charge in [0.25, 0.3) is 6.43 Å². The van der Waals surface area contributed by atoms with E-state index in [9.17, 15) is 8.78 Å². The van der Waals surface area contributed by atoms with Crippen LogP contribution in [0.15, 0.2) is 0 Å². The highest BCUT2D eigenvalue weighted by atomic mass is 32.1. The number of nitrogens with two attached hydrogens (primary N) is 1. The molecule has 0 spiro atoms.